The predicted octanol–water partition coefficient (Wildman–Crippen LogP) is -2.60. The van der Waals surface area contributed by atoms with Gasteiger partial charge in [-0.3, -0.25) is 29.0 Å². The zero-order valence-corrected chi connectivity index (χ0v) is 27.5. The molecule has 48 heavy (non-hydrogen) atoms. The molecule has 2 rings (SSSR count). The van der Waals surface area contributed by atoms with Crippen LogP contribution in [0, 0.1) is 5.92 Å². The molecule has 15 N–H and O–H groups in total. The lowest BCUT2D eigenvalue weighted by molar-refractivity contribution is -0.135. The summed E-state index contributed by atoms with van der Waals surface area (Å²) in [6.45, 7) is 3.99. The molecular formula is C31H50N12O5. The third kappa shape index (κ3) is 13.8. The second kappa shape index (κ2) is 20.3. The van der Waals surface area contributed by atoms with Gasteiger partial charge >= 0.3 is 0 Å². The average Bonchev–Trinajstić information content (AvgIpc) is 3.56. The van der Waals surface area contributed by atoms with E-state index in [9.17, 15) is 24.0 Å². The Bertz CT molecular complexity index is 1350. The highest BCUT2D eigenvalue weighted by molar-refractivity contribution is 5.96. The molecule has 1 heterocycles. The minimum absolute atomic E-state index is 0.00266. The Labute approximate surface area is 280 Å². The molecule has 0 aliphatic carbocycles. The van der Waals surface area contributed by atoms with Crippen molar-refractivity contribution in [2.45, 2.75) is 82.6 Å². The van der Waals surface area contributed by atoms with Crippen LogP contribution in [0.4, 0.5) is 0 Å². The molecule has 0 spiro atoms. The van der Waals surface area contributed by atoms with Gasteiger partial charge in [-0.15, -0.1) is 0 Å². The average molecular weight is 671 g/mol. The number of carbonyl (C=O) groups is 5. The number of aromatic nitrogens is 2. The third-order valence-electron chi connectivity index (χ3n) is 7.44. The van der Waals surface area contributed by atoms with Crippen molar-refractivity contribution in [1.82, 2.24) is 31.2 Å². The van der Waals surface area contributed by atoms with Crippen molar-refractivity contribution in [3.05, 3.63) is 54.1 Å². The SMILES string of the molecule is CC(C)[C@H](NC(=O)[C@H](CCCN=C(N)N)NC(=O)[C@@H](N)CCCN)C(=O)N[C@@H](Cc1cnc[nH]1)C(=O)N[C@@H](Cc1ccccc1)C(N)=O. The van der Waals surface area contributed by atoms with Crippen LogP contribution in [0.5, 0.6) is 0 Å². The Kier molecular flexibility index (Phi) is 16.5. The molecule has 0 saturated heterocycles. The number of primary amides is 1. The first-order valence-electron chi connectivity index (χ1n) is 15.8. The van der Waals surface area contributed by atoms with Crippen molar-refractivity contribution >= 4 is 35.5 Å². The number of hydrogen-bond acceptors (Lipinski definition) is 9. The van der Waals surface area contributed by atoms with Crippen LogP contribution in [0.1, 0.15) is 50.8 Å². The van der Waals surface area contributed by atoms with E-state index in [1.807, 2.05) is 6.07 Å². The van der Waals surface area contributed by atoms with Gasteiger partial charge in [0, 0.05) is 31.3 Å². The number of carbonyl (C=O) groups excluding carboxylic acids is 5. The Morgan fingerprint density at radius 1 is 0.812 bits per heavy atom. The number of aromatic amines is 1. The van der Waals surface area contributed by atoms with E-state index in [0.29, 0.717) is 31.5 Å². The number of guanidine groups is 1. The number of nitrogens with one attached hydrogen (secondary N) is 5. The number of benzene rings is 1. The summed E-state index contributed by atoms with van der Waals surface area (Å²) in [7, 11) is 0. The Hall–Kier alpha value is -5.03. The molecule has 2 aromatic rings. The van der Waals surface area contributed by atoms with E-state index in [1.54, 1.807) is 38.1 Å². The summed E-state index contributed by atoms with van der Waals surface area (Å²) in [6.07, 6.45) is 4.38. The number of imidazole rings is 1. The molecule has 0 aliphatic rings. The number of nitrogens with zero attached hydrogens (tertiary/aromatic N) is 2. The maximum Gasteiger partial charge on any atom is 0.243 e. The van der Waals surface area contributed by atoms with Crippen LogP contribution in [-0.4, -0.2) is 88.8 Å². The van der Waals surface area contributed by atoms with E-state index in [1.165, 1.54) is 12.5 Å². The van der Waals surface area contributed by atoms with Crippen LogP contribution in [0.2, 0.25) is 0 Å². The first kappa shape index (κ1) is 39.1. The van der Waals surface area contributed by atoms with Crippen molar-refractivity contribution in [2.75, 3.05) is 13.1 Å². The normalized spacial score (nSPS) is 14.1. The first-order chi connectivity index (χ1) is 22.8. The van der Waals surface area contributed by atoms with Gasteiger partial charge in [-0.2, -0.15) is 0 Å². The second-order valence-electron chi connectivity index (χ2n) is 11.8. The number of hydrogen-bond donors (Lipinski definition) is 10. The fourth-order valence-electron chi connectivity index (χ4n) is 4.74. The first-order valence-corrected chi connectivity index (χ1v) is 15.8. The van der Waals surface area contributed by atoms with Gasteiger partial charge in [0.25, 0.3) is 0 Å². The standard InChI is InChI=1S/C31H50N12O5/c1-18(2)25(43-28(46)22(11-7-13-38-31(35)36)40-27(45)21(33)10-6-12-32)30(48)42-24(15-20-16-37-17-39-20)29(47)41-23(26(34)44)14-19-8-4-3-5-9-19/h3-5,8-9,16-18,21-25H,6-7,10-15,32-33H2,1-2H3,(H2,34,44)(H,37,39)(H,40,45)(H,41,47)(H,42,48)(H,43,46)(H4,35,36,38)/t21-,22-,23-,24-,25-/m0/s1. The molecule has 0 saturated carbocycles. The summed E-state index contributed by atoms with van der Waals surface area (Å²) in [4.78, 5) is 76.6. The van der Waals surface area contributed by atoms with E-state index in [-0.39, 0.29) is 31.8 Å². The Morgan fingerprint density at radius 3 is 2.04 bits per heavy atom. The fourth-order valence-corrected chi connectivity index (χ4v) is 4.74. The molecule has 264 valence electrons. The summed E-state index contributed by atoms with van der Waals surface area (Å²) < 4.78 is 0. The topological polar surface area (TPSA) is 305 Å². The van der Waals surface area contributed by atoms with Crippen molar-refractivity contribution in [2.24, 2.45) is 39.6 Å². The number of H-pyrrole nitrogens is 1. The number of amides is 5. The van der Waals surface area contributed by atoms with E-state index in [0.717, 1.165) is 5.56 Å². The van der Waals surface area contributed by atoms with Gasteiger partial charge in [0.1, 0.15) is 24.2 Å². The molecular weight excluding hydrogens is 620 g/mol. The molecule has 0 radical (unpaired) electrons. The highest BCUT2D eigenvalue weighted by Crippen LogP contribution is 2.09. The number of nitrogens with two attached hydrogens (primary N) is 5. The van der Waals surface area contributed by atoms with Gasteiger partial charge in [-0.05, 0) is 43.7 Å². The van der Waals surface area contributed by atoms with E-state index < -0.39 is 65.7 Å². The zero-order valence-electron chi connectivity index (χ0n) is 27.5. The third-order valence-corrected chi connectivity index (χ3v) is 7.44. The van der Waals surface area contributed by atoms with E-state index in [2.05, 4.69) is 36.2 Å². The van der Waals surface area contributed by atoms with Crippen LogP contribution in [-0.2, 0) is 36.8 Å². The summed E-state index contributed by atoms with van der Waals surface area (Å²) in [6, 6.07) is 3.71. The van der Waals surface area contributed by atoms with Crippen LogP contribution in [0.25, 0.3) is 0 Å². The van der Waals surface area contributed by atoms with Gasteiger partial charge < -0.3 is 54.9 Å². The maximum atomic E-state index is 13.7. The van der Waals surface area contributed by atoms with Crippen LogP contribution in [0.3, 0.4) is 0 Å². The van der Waals surface area contributed by atoms with E-state index in [4.69, 9.17) is 28.7 Å². The molecule has 1 aromatic carbocycles. The molecule has 17 heteroatoms. The van der Waals surface area contributed by atoms with Gasteiger partial charge in [0.2, 0.25) is 29.5 Å². The number of aliphatic imine (C=N–C) groups is 1. The minimum atomic E-state index is -1.18. The van der Waals surface area contributed by atoms with Gasteiger partial charge in [-0.25, -0.2) is 4.98 Å². The Balaban J connectivity index is 2.24. The van der Waals surface area contributed by atoms with Crippen LogP contribution < -0.4 is 49.9 Å². The van der Waals surface area contributed by atoms with Gasteiger partial charge in [0.05, 0.1) is 12.4 Å². The molecule has 1 aromatic heterocycles. The lowest BCUT2D eigenvalue weighted by Crippen LogP contribution is -2.60. The van der Waals surface area contributed by atoms with Crippen molar-refractivity contribution < 1.29 is 24.0 Å². The summed E-state index contributed by atoms with van der Waals surface area (Å²) in [5.74, 6) is -3.82. The van der Waals surface area contributed by atoms with Crippen molar-refractivity contribution in [3.63, 3.8) is 0 Å². The molecule has 0 aliphatic heterocycles. The van der Waals surface area contributed by atoms with Crippen LogP contribution in [0.15, 0.2) is 47.8 Å². The molecule has 5 atom stereocenters. The summed E-state index contributed by atoms with van der Waals surface area (Å²) in [5, 5.41) is 10.7. The molecule has 0 unspecified atom stereocenters. The molecule has 0 fully saturated rings. The lowest BCUT2D eigenvalue weighted by atomic mass is 10.0. The van der Waals surface area contributed by atoms with Crippen molar-refractivity contribution in [1.29, 1.82) is 0 Å². The van der Waals surface area contributed by atoms with Crippen LogP contribution >= 0.6 is 0 Å². The van der Waals surface area contributed by atoms with E-state index >= 15 is 0 Å². The fraction of sp³-hybridized carbons (Fsp3) is 0.516. The molecule has 0 bridgehead atoms. The van der Waals surface area contributed by atoms with Gasteiger partial charge in [-0.1, -0.05) is 44.2 Å². The maximum absolute atomic E-state index is 13.7. The zero-order chi connectivity index (χ0) is 35.6. The largest absolute Gasteiger partial charge is 0.370 e. The number of rotatable bonds is 21. The minimum Gasteiger partial charge on any atom is -0.370 e. The summed E-state index contributed by atoms with van der Waals surface area (Å²) >= 11 is 0. The highest BCUT2D eigenvalue weighted by Gasteiger charge is 2.33. The van der Waals surface area contributed by atoms with Crippen molar-refractivity contribution in [3.8, 4) is 0 Å². The second-order valence-corrected chi connectivity index (χ2v) is 11.8. The monoisotopic (exact) mass is 670 g/mol. The quantitative estimate of drug-likeness (QED) is 0.0375. The predicted molar refractivity (Wildman–Crippen MR) is 180 cm³/mol. The Morgan fingerprint density at radius 2 is 1.46 bits per heavy atom. The summed E-state index contributed by atoms with van der Waals surface area (Å²) in [5.41, 5.74) is 29.2. The van der Waals surface area contributed by atoms with Gasteiger partial charge in [0.15, 0.2) is 5.96 Å². The molecule has 5 amide bonds. The highest BCUT2D eigenvalue weighted by atomic mass is 16.2. The lowest BCUT2D eigenvalue weighted by Gasteiger charge is -2.28. The molecule has 17 nitrogen and oxygen atoms in total. The smallest absolute Gasteiger partial charge is 0.243 e.